The first-order chi connectivity index (χ1) is 13.1. The molecule has 0 saturated carbocycles. The lowest BCUT2D eigenvalue weighted by Gasteiger charge is -2.41. The molecule has 0 rings (SSSR count). The van der Waals surface area contributed by atoms with Gasteiger partial charge in [-0.25, -0.2) is 0 Å². The summed E-state index contributed by atoms with van der Waals surface area (Å²) < 4.78 is 0. The van der Waals surface area contributed by atoms with Crippen molar-refractivity contribution in [3.05, 3.63) is 0 Å². The Morgan fingerprint density at radius 1 is 0.750 bits per heavy atom. The van der Waals surface area contributed by atoms with Crippen molar-refractivity contribution in [2.24, 2.45) is 11.5 Å². The van der Waals surface area contributed by atoms with Gasteiger partial charge in [-0.3, -0.25) is 9.69 Å². The van der Waals surface area contributed by atoms with Crippen LogP contribution in [0, 0.1) is 0 Å². The molecule has 0 amide bonds. The Morgan fingerprint density at radius 2 is 1.11 bits per heavy atom. The number of carboxylic acid groups (broad SMARTS) is 1. The Kier molecular flexibility index (Phi) is 21.2. The minimum Gasteiger partial charge on any atom is -0.480 e. The summed E-state index contributed by atoms with van der Waals surface area (Å²) in [6, 6.07) is 0. The van der Waals surface area contributed by atoms with Gasteiger partial charge in [-0.05, 0) is 12.8 Å². The van der Waals surface area contributed by atoms with Gasteiger partial charge in [0.2, 0.25) is 0 Å². The third-order valence-corrected chi connectivity index (χ3v) is 5.69. The van der Waals surface area contributed by atoms with E-state index in [4.69, 9.17) is 11.5 Å². The molecule has 5 N–H and O–H groups in total. The molecular formula is C22H48ClN3O2. The molecule has 6 heteroatoms. The molecule has 0 spiro atoms. The predicted molar refractivity (Wildman–Crippen MR) is 123 cm³/mol. The van der Waals surface area contributed by atoms with Crippen molar-refractivity contribution in [3.63, 3.8) is 0 Å². The van der Waals surface area contributed by atoms with Gasteiger partial charge < -0.3 is 16.6 Å². The van der Waals surface area contributed by atoms with E-state index in [1.165, 1.54) is 51.4 Å². The quantitative estimate of drug-likeness (QED) is 0.242. The predicted octanol–water partition coefficient (Wildman–Crippen LogP) is 4.95. The second-order valence-corrected chi connectivity index (χ2v) is 7.94. The summed E-state index contributed by atoms with van der Waals surface area (Å²) in [6.45, 7) is 6.59. The molecule has 28 heavy (non-hydrogen) atoms. The number of unbranched alkanes of at least 4 members (excludes halogenated alkanes) is 10. The summed E-state index contributed by atoms with van der Waals surface area (Å²) in [5, 5.41) is 10.2. The number of rotatable bonds is 20. The van der Waals surface area contributed by atoms with E-state index in [1.807, 2.05) is 0 Å². The fourth-order valence-corrected chi connectivity index (χ4v) is 4.04. The molecule has 0 aliphatic carbocycles. The van der Waals surface area contributed by atoms with Crippen LogP contribution in [-0.4, -0.2) is 47.7 Å². The summed E-state index contributed by atoms with van der Waals surface area (Å²) >= 11 is 0. The van der Waals surface area contributed by atoms with Crippen LogP contribution in [0.1, 0.15) is 104 Å². The lowest BCUT2D eigenvalue weighted by molar-refractivity contribution is -0.153. The smallest absolute Gasteiger partial charge is 0.324 e. The van der Waals surface area contributed by atoms with Crippen molar-refractivity contribution in [2.45, 2.75) is 109 Å². The SMILES string of the molecule is CCCCCCCCC(CCCCCCCC)(C(=O)O)N(CCN)CCN.Cl. The third kappa shape index (κ3) is 12.3. The van der Waals surface area contributed by atoms with Gasteiger partial charge in [-0.1, -0.05) is 90.9 Å². The number of aliphatic carboxylic acids is 1. The number of halogens is 1. The lowest BCUT2D eigenvalue weighted by atomic mass is 9.84. The normalized spacial score (nSPS) is 11.6. The molecule has 0 aliphatic heterocycles. The summed E-state index contributed by atoms with van der Waals surface area (Å²) in [6.07, 6.45) is 15.5. The van der Waals surface area contributed by atoms with Crippen LogP contribution in [0.4, 0.5) is 0 Å². The van der Waals surface area contributed by atoms with Gasteiger partial charge in [-0.15, -0.1) is 12.4 Å². The summed E-state index contributed by atoms with van der Waals surface area (Å²) in [7, 11) is 0. The number of hydrogen-bond donors (Lipinski definition) is 3. The number of hydrogen-bond acceptors (Lipinski definition) is 4. The molecule has 0 bridgehead atoms. The first-order valence-electron chi connectivity index (χ1n) is 11.5. The Labute approximate surface area is 180 Å². The van der Waals surface area contributed by atoms with Crippen LogP contribution >= 0.6 is 12.4 Å². The van der Waals surface area contributed by atoms with Crippen LogP contribution in [0.3, 0.4) is 0 Å². The van der Waals surface area contributed by atoms with Gasteiger partial charge in [0.15, 0.2) is 0 Å². The van der Waals surface area contributed by atoms with Crippen LogP contribution in [0.2, 0.25) is 0 Å². The second-order valence-electron chi connectivity index (χ2n) is 7.94. The van der Waals surface area contributed by atoms with E-state index in [2.05, 4.69) is 18.7 Å². The van der Waals surface area contributed by atoms with Crippen molar-refractivity contribution in [2.75, 3.05) is 26.2 Å². The number of carbonyl (C=O) groups is 1. The summed E-state index contributed by atoms with van der Waals surface area (Å²) in [5.41, 5.74) is 10.8. The Bertz CT molecular complexity index is 335. The van der Waals surface area contributed by atoms with Crippen molar-refractivity contribution < 1.29 is 9.90 Å². The lowest BCUT2D eigenvalue weighted by Crippen LogP contribution is -2.57. The van der Waals surface area contributed by atoms with Crippen molar-refractivity contribution in [3.8, 4) is 0 Å². The van der Waals surface area contributed by atoms with Gasteiger partial charge in [-0.2, -0.15) is 0 Å². The van der Waals surface area contributed by atoms with E-state index in [0.717, 1.165) is 25.7 Å². The number of nitrogens with two attached hydrogens (primary N) is 2. The van der Waals surface area contributed by atoms with E-state index in [0.29, 0.717) is 39.0 Å². The Morgan fingerprint density at radius 3 is 1.43 bits per heavy atom. The zero-order chi connectivity index (χ0) is 20.4. The minimum atomic E-state index is -0.797. The van der Waals surface area contributed by atoms with Crippen LogP contribution in [0.25, 0.3) is 0 Å². The highest BCUT2D eigenvalue weighted by Crippen LogP contribution is 2.30. The molecule has 0 fully saturated rings. The molecule has 0 heterocycles. The van der Waals surface area contributed by atoms with E-state index < -0.39 is 11.5 Å². The van der Waals surface area contributed by atoms with E-state index in [1.54, 1.807) is 0 Å². The van der Waals surface area contributed by atoms with E-state index in [9.17, 15) is 9.90 Å². The molecule has 0 atom stereocenters. The summed E-state index contributed by atoms with van der Waals surface area (Å²) in [4.78, 5) is 14.5. The van der Waals surface area contributed by atoms with E-state index in [-0.39, 0.29) is 12.4 Å². The Balaban J connectivity index is 0. The highest BCUT2D eigenvalue weighted by atomic mass is 35.5. The molecule has 0 aromatic heterocycles. The van der Waals surface area contributed by atoms with Crippen molar-refractivity contribution >= 4 is 18.4 Å². The Hall–Kier alpha value is -0.360. The van der Waals surface area contributed by atoms with Crippen LogP contribution in [0.5, 0.6) is 0 Å². The van der Waals surface area contributed by atoms with Gasteiger partial charge in [0.25, 0.3) is 0 Å². The monoisotopic (exact) mass is 421 g/mol. The molecular weight excluding hydrogens is 374 g/mol. The first kappa shape index (κ1) is 29.8. The maximum absolute atomic E-state index is 12.4. The molecule has 0 unspecified atom stereocenters. The maximum Gasteiger partial charge on any atom is 0.324 e. The number of nitrogens with zero attached hydrogens (tertiary/aromatic N) is 1. The summed E-state index contributed by atoms with van der Waals surface area (Å²) in [5.74, 6) is -0.688. The third-order valence-electron chi connectivity index (χ3n) is 5.69. The van der Waals surface area contributed by atoms with Gasteiger partial charge in [0.1, 0.15) is 5.54 Å². The molecule has 5 nitrogen and oxygen atoms in total. The van der Waals surface area contributed by atoms with Gasteiger partial charge in [0.05, 0.1) is 0 Å². The molecule has 0 radical (unpaired) electrons. The van der Waals surface area contributed by atoms with Crippen molar-refractivity contribution in [1.29, 1.82) is 0 Å². The zero-order valence-corrected chi connectivity index (χ0v) is 19.4. The maximum atomic E-state index is 12.4. The standard InChI is InChI=1S/C22H47N3O2.ClH/c1-3-5-7-9-11-13-15-22(21(26)27,25(19-17-23)20-18-24)16-14-12-10-8-6-4-2;/h3-20,23-24H2,1-2H3,(H,26,27);1H. The first-order valence-corrected chi connectivity index (χ1v) is 11.5. The fraction of sp³-hybridized carbons (Fsp3) is 0.955. The molecule has 170 valence electrons. The highest BCUT2D eigenvalue weighted by molar-refractivity contribution is 5.85. The van der Waals surface area contributed by atoms with Crippen LogP contribution < -0.4 is 11.5 Å². The largest absolute Gasteiger partial charge is 0.480 e. The highest BCUT2D eigenvalue weighted by Gasteiger charge is 2.42. The van der Waals surface area contributed by atoms with Crippen LogP contribution in [0.15, 0.2) is 0 Å². The minimum absolute atomic E-state index is 0. The molecule has 0 saturated heterocycles. The number of carboxylic acids is 1. The molecule has 0 aromatic rings. The zero-order valence-electron chi connectivity index (χ0n) is 18.6. The average Bonchev–Trinajstić information content (AvgIpc) is 2.65. The fourth-order valence-electron chi connectivity index (χ4n) is 4.04. The van der Waals surface area contributed by atoms with Gasteiger partial charge in [0, 0.05) is 26.2 Å². The topological polar surface area (TPSA) is 92.6 Å². The molecule has 0 aromatic carbocycles. The van der Waals surface area contributed by atoms with Gasteiger partial charge >= 0.3 is 5.97 Å². The van der Waals surface area contributed by atoms with Crippen LogP contribution in [-0.2, 0) is 4.79 Å². The second kappa shape index (κ2) is 19.9. The van der Waals surface area contributed by atoms with Crippen molar-refractivity contribution in [1.82, 2.24) is 4.90 Å². The van der Waals surface area contributed by atoms with E-state index >= 15 is 0 Å². The average molecular weight is 422 g/mol. The molecule has 0 aliphatic rings.